The van der Waals surface area contributed by atoms with Crippen LogP contribution in [0.2, 0.25) is 0 Å². The van der Waals surface area contributed by atoms with E-state index in [-0.39, 0.29) is 17.6 Å². The summed E-state index contributed by atoms with van der Waals surface area (Å²) in [6.45, 7) is 0. The van der Waals surface area contributed by atoms with E-state index in [1.54, 1.807) is 28.8 Å². The van der Waals surface area contributed by atoms with Gasteiger partial charge in [-0.2, -0.15) is 0 Å². The molecule has 0 N–H and O–H groups in total. The maximum Gasteiger partial charge on any atom is 0.314 e. The van der Waals surface area contributed by atoms with Crippen molar-refractivity contribution in [2.45, 2.75) is 32.1 Å². The number of benzene rings is 1. The van der Waals surface area contributed by atoms with Gasteiger partial charge in [0.2, 0.25) is 0 Å². The molecule has 3 aromatic rings. The Kier molecular flexibility index (Phi) is 4.58. The molecule has 0 saturated heterocycles. The number of nitro groups is 1. The Hall–Kier alpha value is -3.22. The van der Waals surface area contributed by atoms with Crippen molar-refractivity contribution >= 4 is 17.3 Å². The molecule has 7 heteroatoms. The third kappa shape index (κ3) is 3.67. The molecule has 0 bridgehead atoms. The van der Waals surface area contributed by atoms with Crippen LogP contribution in [0.4, 0.5) is 5.69 Å². The van der Waals surface area contributed by atoms with Gasteiger partial charge in [-0.1, -0.05) is 19.3 Å². The second kappa shape index (κ2) is 7.19. The van der Waals surface area contributed by atoms with Crippen molar-refractivity contribution < 1.29 is 14.5 Å². The number of hydrogen-bond acceptors (Lipinski definition) is 5. The Bertz CT molecular complexity index is 988. The first-order valence-corrected chi connectivity index (χ1v) is 9.05. The number of carbonyl (C=O) groups excluding carboxylic acids is 1. The van der Waals surface area contributed by atoms with Gasteiger partial charge < -0.3 is 4.74 Å². The first-order valence-electron chi connectivity index (χ1n) is 9.05. The number of esters is 1. The quantitative estimate of drug-likeness (QED) is 0.296. The molecular weight excluding hydrogens is 346 g/mol. The molecule has 7 nitrogen and oxygen atoms in total. The SMILES string of the molecule is O=C(Oc1ccc(-c2cn3cc([N+](=O)[O-])ccc3n2)cc1)C1CCCCC1. The molecule has 0 radical (unpaired) electrons. The fourth-order valence-electron chi connectivity index (χ4n) is 3.46. The number of fused-ring (bicyclic) bond motifs is 1. The highest BCUT2D eigenvalue weighted by Crippen LogP contribution is 2.27. The molecule has 0 atom stereocenters. The molecule has 0 aliphatic heterocycles. The van der Waals surface area contributed by atoms with Gasteiger partial charge in [0.05, 0.1) is 22.7 Å². The fourth-order valence-corrected chi connectivity index (χ4v) is 3.46. The Balaban J connectivity index is 1.50. The predicted octanol–water partition coefficient (Wildman–Crippen LogP) is 4.40. The number of rotatable bonds is 4. The second-order valence-electron chi connectivity index (χ2n) is 6.82. The third-order valence-electron chi connectivity index (χ3n) is 4.95. The molecule has 0 spiro atoms. The molecule has 2 heterocycles. The van der Waals surface area contributed by atoms with Gasteiger partial charge in [0.1, 0.15) is 11.4 Å². The van der Waals surface area contributed by atoms with E-state index in [0.29, 0.717) is 17.1 Å². The van der Waals surface area contributed by atoms with Crippen molar-refractivity contribution in [3.05, 3.63) is 58.9 Å². The third-order valence-corrected chi connectivity index (χ3v) is 4.95. The van der Waals surface area contributed by atoms with Gasteiger partial charge in [-0.25, -0.2) is 4.98 Å². The molecule has 1 aliphatic carbocycles. The lowest BCUT2D eigenvalue weighted by Crippen LogP contribution is -2.22. The molecule has 1 saturated carbocycles. The predicted molar refractivity (Wildman–Crippen MR) is 99.5 cm³/mol. The number of hydrogen-bond donors (Lipinski definition) is 0. The van der Waals surface area contributed by atoms with Crippen molar-refractivity contribution in [2.24, 2.45) is 5.92 Å². The second-order valence-corrected chi connectivity index (χ2v) is 6.82. The van der Waals surface area contributed by atoms with E-state index >= 15 is 0 Å². The summed E-state index contributed by atoms with van der Waals surface area (Å²) in [5.74, 6) is 0.379. The lowest BCUT2D eigenvalue weighted by Gasteiger charge is -2.19. The number of aromatic nitrogens is 2. The average molecular weight is 365 g/mol. The van der Waals surface area contributed by atoms with E-state index < -0.39 is 4.92 Å². The summed E-state index contributed by atoms with van der Waals surface area (Å²) >= 11 is 0. The first kappa shape index (κ1) is 17.2. The van der Waals surface area contributed by atoms with Crippen molar-refractivity contribution in [3.8, 4) is 17.0 Å². The highest BCUT2D eigenvalue weighted by atomic mass is 16.6. The summed E-state index contributed by atoms with van der Waals surface area (Å²) in [5.41, 5.74) is 2.18. The fraction of sp³-hybridized carbons (Fsp3) is 0.300. The number of carbonyl (C=O) groups is 1. The lowest BCUT2D eigenvalue weighted by atomic mass is 9.89. The van der Waals surface area contributed by atoms with E-state index in [1.165, 1.54) is 18.7 Å². The zero-order chi connectivity index (χ0) is 18.8. The van der Waals surface area contributed by atoms with Crippen molar-refractivity contribution in [2.75, 3.05) is 0 Å². The Morgan fingerprint density at radius 2 is 1.81 bits per heavy atom. The Morgan fingerprint density at radius 1 is 1.07 bits per heavy atom. The van der Waals surface area contributed by atoms with E-state index in [9.17, 15) is 14.9 Å². The summed E-state index contributed by atoms with van der Waals surface area (Å²) in [6.07, 6.45) is 8.36. The maximum atomic E-state index is 12.2. The van der Waals surface area contributed by atoms with Gasteiger partial charge >= 0.3 is 5.97 Å². The smallest absolute Gasteiger partial charge is 0.314 e. The van der Waals surface area contributed by atoms with Crippen molar-refractivity contribution in [1.29, 1.82) is 0 Å². The maximum absolute atomic E-state index is 12.2. The van der Waals surface area contributed by atoms with Crippen LogP contribution in [0.15, 0.2) is 48.8 Å². The van der Waals surface area contributed by atoms with E-state index in [0.717, 1.165) is 31.2 Å². The van der Waals surface area contributed by atoms with Gasteiger partial charge in [0.15, 0.2) is 0 Å². The topological polar surface area (TPSA) is 86.7 Å². The summed E-state index contributed by atoms with van der Waals surface area (Å²) in [4.78, 5) is 27.2. The normalized spacial score (nSPS) is 15.0. The molecule has 27 heavy (non-hydrogen) atoms. The Morgan fingerprint density at radius 3 is 2.52 bits per heavy atom. The van der Waals surface area contributed by atoms with Crippen LogP contribution >= 0.6 is 0 Å². The van der Waals surface area contributed by atoms with Crippen LogP contribution in [0.25, 0.3) is 16.9 Å². The van der Waals surface area contributed by atoms with Gasteiger partial charge in [-0.15, -0.1) is 0 Å². The van der Waals surface area contributed by atoms with Gasteiger partial charge in [-0.3, -0.25) is 19.3 Å². The van der Waals surface area contributed by atoms with Crippen LogP contribution < -0.4 is 4.74 Å². The number of imidazole rings is 1. The van der Waals surface area contributed by atoms with Crippen LogP contribution in [-0.2, 0) is 4.79 Å². The van der Waals surface area contributed by atoms with Gasteiger partial charge in [-0.05, 0) is 43.2 Å². The minimum absolute atomic E-state index is 0.00709. The molecular formula is C20H19N3O4. The van der Waals surface area contributed by atoms with E-state index in [2.05, 4.69) is 4.98 Å². The molecule has 1 aliphatic rings. The van der Waals surface area contributed by atoms with Crippen LogP contribution in [0.5, 0.6) is 5.75 Å². The van der Waals surface area contributed by atoms with Gasteiger partial charge in [0, 0.05) is 17.8 Å². The molecule has 1 fully saturated rings. The standard InChI is InChI=1S/C20H19N3O4/c24-20(15-4-2-1-3-5-15)27-17-9-6-14(7-10-17)18-13-22-12-16(23(25)26)8-11-19(22)21-18/h6-13,15H,1-5H2. The summed E-state index contributed by atoms with van der Waals surface area (Å²) in [5, 5.41) is 10.9. The molecule has 138 valence electrons. The van der Waals surface area contributed by atoms with Crippen LogP contribution in [0, 0.1) is 16.0 Å². The highest BCUT2D eigenvalue weighted by Gasteiger charge is 2.23. The molecule has 0 amide bonds. The van der Waals surface area contributed by atoms with Crippen LogP contribution in [0.1, 0.15) is 32.1 Å². The summed E-state index contributed by atoms with van der Waals surface area (Å²) < 4.78 is 7.14. The zero-order valence-electron chi connectivity index (χ0n) is 14.7. The number of ether oxygens (including phenoxy) is 1. The average Bonchev–Trinajstić information content (AvgIpc) is 3.12. The van der Waals surface area contributed by atoms with E-state index in [4.69, 9.17) is 4.74 Å². The monoisotopic (exact) mass is 365 g/mol. The van der Waals surface area contributed by atoms with Crippen molar-refractivity contribution in [3.63, 3.8) is 0 Å². The highest BCUT2D eigenvalue weighted by molar-refractivity contribution is 5.75. The lowest BCUT2D eigenvalue weighted by molar-refractivity contribution is -0.385. The molecule has 1 aromatic carbocycles. The Labute approximate surface area is 155 Å². The minimum atomic E-state index is -0.436. The van der Waals surface area contributed by atoms with Crippen LogP contribution in [-0.4, -0.2) is 20.3 Å². The van der Waals surface area contributed by atoms with Crippen LogP contribution in [0.3, 0.4) is 0 Å². The van der Waals surface area contributed by atoms with Gasteiger partial charge in [0.25, 0.3) is 5.69 Å². The van der Waals surface area contributed by atoms with Crippen molar-refractivity contribution in [1.82, 2.24) is 9.38 Å². The largest absolute Gasteiger partial charge is 0.426 e. The molecule has 2 aromatic heterocycles. The number of nitrogens with zero attached hydrogens (tertiary/aromatic N) is 3. The molecule has 0 unspecified atom stereocenters. The minimum Gasteiger partial charge on any atom is -0.426 e. The molecule has 4 rings (SSSR count). The summed E-state index contributed by atoms with van der Waals surface area (Å²) in [7, 11) is 0. The zero-order valence-corrected chi connectivity index (χ0v) is 14.7. The summed E-state index contributed by atoms with van der Waals surface area (Å²) in [6, 6.07) is 10.2. The first-order chi connectivity index (χ1) is 13.1. The number of pyridine rings is 1. The van der Waals surface area contributed by atoms with E-state index in [1.807, 2.05) is 12.1 Å².